The third-order valence-corrected chi connectivity index (χ3v) is 6.10. The van der Waals surface area contributed by atoms with Gasteiger partial charge in [0, 0.05) is 37.8 Å². The second-order valence-electron chi connectivity index (χ2n) is 8.25. The van der Waals surface area contributed by atoms with Crippen LogP contribution in [0.3, 0.4) is 0 Å². The minimum absolute atomic E-state index is 0.0192. The highest BCUT2D eigenvalue weighted by atomic mass is 16.5. The largest absolute Gasteiger partial charge is 0.493 e. The van der Waals surface area contributed by atoms with Crippen molar-refractivity contribution in [2.24, 2.45) is 0 Å². The van der Waals surface area contributed by atoms with Crippen LogP contribution < -0.4 is 18.9 Å². The van der Waals surface area contributed by atoms with Gasteiger partial charge >= 0.3 is 0 Å². The van der Waals surface area contributed by atoms with Crippen molar-refractivity contribution in [1.82, 2.24) is 9.80 Å². The normalized spacial score (nSPS) is 14.5. The molecule has 0 aromatic heterocycles. The molecular weight excluding hydrogens is 444 g/mol. The highest BCUT2D eigenvalue weighted by Gasteiger charge is 2.19. The summed E-state index contributed by atoms with van der Waals surface area (Å²) >= 11 is 0. The van der Waals surface area contributed by atoms with Crippen molar-refractivity contribution >= 4 is 24.1 Å². The lowest BCUT2D eigenvalue weighted by molar-refractivity contribution is -0.127. The Morgan fingerprint density at radius 3 is 2.14 bits per heavy atom. The number of piperazine rings is 1. The summed E-state index contributed by atoms with van der Waals surface area (Å²) in [6.45, 7) is 6.61. The van der Waals surface area contributed by atoms with Crippen molar-refractivity contribution in [2.45, 2.75) is 13.3 Å². The number of carbonyl (C=O) groups is 1. The first-order chi connectivity index (χ1) is 17.0. The molecule has 2 aromatic rings. The van der Waals surface area contributed by atoms with E-state index in [1.54, 1.807) is 34.5 Å². The quantitative estimate of drug-likeness (QED) is 0.370. The minimum Gasteiger partial charge on any atom is -0.493 e. The number of carbonyl (C=O) groups excluding carboxylic acids is 1. The summed E-state index contributed by atoms with van der Waals surface area (Å²) in [6, 6.07) is 9.49. The molecule has 1 saturated heterocycles. The van der Waals surface area contributed by atoms with Crippen LogP contribution in [0.2, 0.25) is 0 Å². The van der Waals surface area contributed by atoms with Gasteiger partial charge in [0.1, 0.15) is 0 Å². The van der Waals surface area contributed by atoms with E-state index in [4.69, 9.17) is 18.9 Å². The van der Waals surface area contributed by atoms with E-state index in [1.807, 2.05) is 53.5 Å². The van der Waals surface area contributed by atoms with Gasteiger partial charge in [0.2, 0.25) is 5.91 Å². The first-order valence-electron chi connectivity index (χ1n) is 11.9. The molecule has 1 fully saturated rings. The Balaban J connectivity index is 1.86. The van der Waals surface area contributed by atoms with Crippen molar-refractivity contribution in [3.63, 3.8) is 0 Å². The zero-order valence-electron chi connectivity index (χ0n) is 21.4. The predicted octanol–water partition coefficient (Wildman–Crippen LogP) is 4.46. The second-order valence-corrected chi connectivity index (χ2v) is 8.25. The van der Waals surface area contributed by atoms with Crippen LogP contribution in [-0.2, 0) is 4.79 Å². The molecule has 1 aliphatic heterocycles. The molecule has 1 amide bonds. The van der Waals surface area contributed by atoms with Crippen LogP contribution in [0.1, 0.15) is 30.0 Å². The van der Waals surface area contributed by atoms with Gasteiger partial charge in [-0.05, 0) is 54.4 Å². The van der Waals surface area contributed by atoms with Gasteiger partial charge in [-0.25, -0.2) is 0 Å². The van der Waals surface area contributed by atoms with E-state index >= 15 is 0 Å². The molecule has 7 nitrogen and oxygen atoms in total. The summed E-state index contributed by atoms with van der Waals surface area (Å²) in [6.07, 6.45) is 8.54. The molecule has 0 unspecified atom stereocenters. The fourth-order valence-corrected chi connectivity index (χ4v) is 4.19. The first-order valence-corrected chi connectivity index (χ1v) is 11.9. The second kappa shape index (κ2) is 12.9. The van der Waals surface area contributed by atoms with Crippen LogP contribution in [0.15, 0.2) is 36.4 Å². The fourth-order valence-electron chi connectivity index (χ4n) is 4.19. The van der Waals surface area contributed by atoms with Gasteiger partial charge in [0.15, 0.2) is 23.0 Å². The summed E-state index contributed by atoms with van der Waals surface area (Å²) in [5.41, 5.74) is 2.61. The third-order valence-electron chi connectivity index (χ3n) is 6.10. The Morgan fingerprint density at radius 1 is 0.829 bits per heavy atom. The molecule has 1 aliphatic rings. The number of hydrogen-bond donors (Lipinski definition) is 0. The monoisotopic (exact) mass is 480 g/mol. The maximum atomic E-state index is 12.9. The standard InChI is InChI=1S/C28H36N2O5/c1-6-15-29-16-18-30(19-17-29)27(31)14-10-22-9-13-25(33-3)28(35-5)23(22)11-7-21-8-12-24(32-2)26(20-21)34-4/h7-14,20H,6,15-19H2,1-5H3/b11-7+,14-10+. The molecule has 7 heteroatoms. The van der Waals surface area contributed by atoms with E-state index in [1.165, 1.54) is 0 Å². The van der Waals surface area contributed by atoms with Crippen molar-refractivity contribution in [2.75, 3.05) is 61.2 Å². The van der Waals surface area contributed by atoms with Crippen LogP contribution in [0.4, 0.5) is 0 Å². The van der Waals surface area contributed by atoms with E-state index in [0.717, 1.165) is 55.8 Å². The number of ether oxygens (including phenoxy) is 4. The average Bonchev–Trinajstić information content (AvgIpc) is 2.90. The van der Waals surface area contributed by atoms with E-state index in [-0.39, 0.29) is 5.91 Å². The fraction of sp³-hybridized carbons (Fsp3) is 0.393. The lowest BCUT2D eigenvalue weighted by Crippen LogP contribution is -2.48. The molecule has 188 valence electrons. The van der Waals surface area contributed by atoms with Crippen molar-refractivity contribution in [3.05, 3.63) is 53.1 Å². The molecular formula is C28H36N2O5. The molecule has 0 bridgehead atoms. The van der Waals surface area contributed by atoms with Gasteiger partial charge in [-0.1, -0.05) is 25.1 Å². The molecule has 0 radical (unpaired) electrons. The molecule has 2 aromatic carbocycles. The molecule has 0 N–H and O–H groups in total. The highest BCUT2D eigenvalue weighted by molar-refractivity contribution is 5.93. The Kier molecular flexibility index (Phi) is 9.61. The maximum absolute atomic E-state index is 12.9. The summed E-state index contributed by atoms with van der Waals surface area (Å²) < 4.78 is 21.9. The Labute approximate surface area is 208 Å². The van der Waals surface area contributed by atoms with Gasteiger partial charge in [-0.15, -0.1) is 0 Å². The molecule has 0 spiro atoms. The SMILES string of the molecule is CCCN1CCN(C(=O)/C=C/c2ccc(OC)c(OC)c2/C=C/c2ccc(OC)c(OC)c2)CC1. The van der Waals surface area contributed by atoms with Crippen LogP contribution in [0.25, 0.3) is 18.2 Å². The summed E-state index contributed by atoms with van der Waals surface area (Å²) in [7, 11) is 6.44. The van der Waals surface area contributed by atoms with E-state index < -0.39 is 0 Å². The summed E-state index contributed by atoms with van der Waals surface area (Å²) in [5.74, 6) is 2.56. The maximum Gasteiger partial charge on any atom is 0.246 e. The first kappa shape index (κ1) is 26.2. The lowest BCUT2D eigenvalue weighted by atomic mass is 10.0. The van der Waals surface area contributed by atoms with Crippen LogP contribution in [0.5, 0.6) is 23.0 Å². The number of benzene rings is 2. The summed E-state index contributed by atoms with van der Waals surface area (Å²) in [5, 5.41) is 0. The van der Waals surface area contributed by atoms with Gasteiger partial charge in [-0.3, -0.25) is 9.69 Å². The molecule has 0 saturated carbocycles. The predicted molar refractivity (Wildman–Crippen MR) is 140 cm³/mol. The third kappa shape index (κ3) is 6.57. The Hall–Kier alpha value is -3.45. The minimum atomic E-state index is 0.0192. The van der Waals surface area contributed by atoms with Crippen molar-refractivity contribution < 1.29 is 23.7 Å². The number of rotatable bonds is 10. The molecule has 1 heterocycles. The van der Waals surface area contributed by atoms with Crippen LogP contribution >= 0.6 is 0 Å². The number of nitrogens with zero attached hydrogens (tertiary/aromatic N) is 2. The van der Waals surface area contributed by atoms with E-state index in [2.05, 4.69) is 11.8 Å². The zero-order valence-corrected chi connectivity index (χ0v) is 21.4. The average molecular weight is 481 g/mol. The lowest BCUT2D eigenvalue weighted by Gasteiger charge is -2.34. The zero-order chi connectivity index (χ0) is 25.2. The topological polar surface area (TPSA) is 60.5 Å². The van der Waals surface area contributed by atoms with Gasteiger partial charge in [0.25, 0.3) is 0 Å². The van der Waals surface area contributed by atoms with Crippen LogP contribution in [-0.4, -0.2) is 76.9 Å². The highest BCUT2D eigenvalue weighted by Crippen LogP contribution is 2.36. The number of methoxy groups -OCH3 is 4. The van der Waals surface area contributed by atoms with Gasteiger partial charge in [0.05, 0.1) is 28.4 Å². The van der Waals surface area contributed by atoms with Crippen LogP contribution in [0, 0.1) is 0 Å². The molecule has 3 rings (SSSR count). The Morgan fingerprint density at radius 2 is 1.51 bits per heavy atom. The smallest absolute Gasteiger partial charge is 0.246 e. The molecule has 35 heavy (non-hydrogen) atoms. The number of hydrogen-bond acceptors (Lipinski definition) is 6. The summed E-state index contributed by atoms with van der Waals surface area (Å²) in [4.78, 5) is 17.2. The van der Waals surface area contributed by atoms with Crippen molar-refractivity contribution in [3.8, 4) is 23.0 Å². The van der Waals surface area contributed by atoms with E-state index in [9.17, 15) is 4.79 Å². The van der Waals surface area contributed by atoms with E-state index in [0.29, 0.717) is 23.0 Å². The Bertz CT molecular complexity index is 1060. The van der Waals surface area contributed by atoms with Crippen molar-refractivity contribution in [1.29, 1.82) is 0 Å². The molecule has 0 atom stereocenters. The number of amides is 1. The molecule has 0 aliphatic carbocycles. The van der Waals surface area contributed by atoms with Gasteiger partial charge < -0.3 is 23.8 Å². The van der Waals surface area contributed by atoms with Gasteiger partial charge in [-0.2, -0.15) is 0 Å².